The van der Waals surface area contributed by atoms with Gasteiger partial charge < -0.3 is 9.84 Å². The van der Waals surface area contributed by atoms with Crippen LogP contribution in [0.5, 0.6) is 11.5 Å². The summed E-state index contributed by atoms with van der Waals surface area (Å²) in [5.41, 5.74) is 2.54. The first-order valence-corrected chi connectivity index (χ1v) is 8.43. The summed E-state index contributed by atoms with van der Waals surface area (Å²) in [6.45, 7) is 9.20. The van der Waals surface area contributed by atoms with Crippen LogP contribution in [0.25, 0.3) is 0 Å². The van der Waals surface area contributed by atoms with E-state index in [9.17, 15) is 5.11 Å². The zero-order valence-electron chi connectivity index (χ0n) is 13.6. The fourth-order valence-electron chi connectivity index (χ4n) is 5.63. The van der Waals surface area contributed by atoms with E-state index >= 15 is 0 Å². The SMILES string of the molecule is C.CCCc1cc(O)c2c(c1)O[C@]1(C)CCC3[C@@H]1[C@@H]2C3(C)C. The third kappa shape index (κ3) is 1.73. The molecule has 1 unspecified atom stereocenters. The summed E-state index contributed by atoms with van der Waals surface area (Å²) in [5.74, 6) is 3.20. The zero-order valence-corrected chi connectivity index (χ0v) is 13.6. The van der Waals surface area contributed by atoms with Crippen LogP contribution in [0.1, 0.15) is 71.4 Å². The lowest BCUT2D eigenvalue weighted by Gasteiger charge is -2.62. The van der Waals surface area contributed by atoms with Crippen LogP contribution in [0, 0.1) is 17.3 Å². The van der Waals surface area contributed by atoms with Crippen molar-refractivity contribution in [1.29, 1.82) is 0 Å². The number of hydrogen-bond acceptors (Lipinski definition) is 2. The Morgan fingerprint density at radius 2 is 2.00 bits per heavy atom. The molecule has 0 bridgehead atoms. The van der Waals surface area contributed by atoms with Crippen molar-refractivity contribution in [3.63, 3.8) is 0 Å². The average Bonchev–Trinajstić information content (AvgIpc) is 2.72. The lowest BCUT2D eigenvalue weighted by molar-refractivity contribution is -0.121. The van der Waals surface area contributed by atoms with E-state index in [1.807, 2.05) is 6.07 Å². The predicted molar refractivity (Wildman–Crippen MR) is 90.6 cm³/mol. The molecule has 2 nitrogen and oxygen atoms in total. The molecule has 1 N–H and O–H groups in total. The van der Waals surface area contributed by atoms with Gasteiger partial charge in [-0.2, -0.15) is 0 Å². The van der Waals surface area contributed by atoms with E-state index in [-0.39, 0.29) is 18.4 Å². The maximum atomic E-state index is 10.6. The minimum absolute atomic E-state index is 0. The van der Waals surface area contributed by atoms with Gasteiger partial charge in [0.1, 0.15) is 17.1 Å². The third-order valence-corrected chi connectivity index (χ3v) is 6.58. The van der Waals surface area contributed by atoms with E-state index in [4.69, 9.17) is 4.74 Å². The second-order valence-electron chi connectivity index (χ2n) is 8.16. The van der Waals surface area contributed by atoms with Crippen molar-refractivity contribution < 1.29 is 9.84 Å². The second kappa shape index (κ2) is 4.66. The second-order valence-corrected chi connectivity index (χ2v) is 8.16. The summed E-state index contributed by atoms with van der Waals surface area (Å²) in [6.07, 6.45) is 4.51. The van der Waals surface area contributed by atoms with Gasteiger partial charge in [-0.3, -0.25) is 0 Å². The number of ether oxygens (including phenoxy) is 1. The van der Waals surface area contributed by atoms with Crippen LogP contribution < -0.4 is 4.74 Å². The molecule has 0 saturated heterocycles. The van der Waals surface area contributed by atoms with E-state index < -0.39 is 0 Å². The predicted octanol–water partition coefficient (Wildman–Crippen LogP) is 5.28. The Morgan fingerprint density at radius 3 is 2.68 bits per heavy atom. The first kappa shape index (κ1) is 15.7. The lowest BCUT2D eigenvalue weighted by atomic mass is 9.45. The zero-order chi connectivity index (χ0) is 15.0. The van der Waals surface area contributed by atoms with Crippen molar-refractivity contribution in [2.24, 2.45) is 17.3 Å². The fourth-order valence-corrected chi connectivity index (χ4v) is 5.63. The van der Waals surface area contributed by atoms with E-state index in [2.05, 4.69) is 33.8 Å². The summed E-state index contributed by atoms with van der Waals surface area (Å²) in [4.78, 5) is 0. The van der Waals surface area contributed by atoms with Crippen molar-refractivity contribution in [1.82, 2.24) is 0 Å². The van der Waals surface area contributed by atoms with Crippen LogP contribution in [0.15, 0.2) is 12.1 Å². The Morgan fingerprint density at radius 1 is 1.27 bits per heavy atom. The Hall–Kier alpha value is -1.18. The van der Waals surface area contributed by atoms with Gasteiger partial charge in [0.15, 0.2) is 0 Å². The van der Waals surface area contributed by atoms with E-state index in [1.165, 1.54) is 12.0 Å². The molecule has 2 heteroatoms. The van der Waals surface area contributed by atoms with E-state index in [1.54, 1.807) is 0 Å². The average molecular weight is 302 g/mol. The van der Waals surface area contributed by atoms with Gasteiger partial charge in [-0.1, -0.05) is 34.6 Å². The summed E-state index contributed by atoms with van der Waals surface area (Å²) >= 11 is 0. The maximum absolute atomic E-state index is 10.6. The number of phenols is 1. The molecular weight excluding hydrogens is 272 g/mol. The molecule has 22 heavy (non-hydrogen) atoms. The highest BCUT2D eigenvalue weighted by molar-refractivity contribution is 5.55. The van der Waals surface area contributed by atoms with Crippen molar-refractivity contribution in [3.05, 3.63) is 23.3 Å². The quantitative estimate of drug-likeness (QED) is 0.805. The van der Waals surface area contributed by atoms with Gasteiger partial charge in [0, 0.05) is 17.4 Å². The van der Waals surface area contributed by atoms with E-state index in [0.717, 1.165) is 36.5 Å². The molecule has 0 spiro atoms. The topological polar surface area (TPSA) is 29.5 Å². The molecular formula is C20H30O2. The molecule has 4 atom stereocenters. The molecule has 4 rings (SSSR count). The number of hydrogen-bond donors (Lipinski definition) is 1. The molecule has 1 aromatic rings. The van der Waals surface area contributed by atoms with Gasteiger partial charge in [-0.05, 0) is 55.2 Å². The monoisotopic (exact) mass is 302 g/mol. The van der Waals surface area contributed by atoms with Crippen LogP contribution in [-0.2, 0) is 6.42 Å². The normalized spacial score (nSPS) is 36.5. The van der Waals surface area contributed by atoms with Gasteiger partial charge in [-0.15, -0.1) is 0 Å². The van der Waals surface area contributed by atoms with Gasteiger partial charge in [0.25, 0.3) is 0 Å². The van der Waals surface area contributed by atoms with Gasteiger partial charge in [0.2, 0.25) is 0 Å². The number of phenolic OH excluding ortho intramolecular Hbond substituents is 1. The molecule has 0 radical (unpaired) electrons. The minimum Gasteiger partial charge on any atom is -0.508 e. The van der Waals surface area contributed by atoms with Crippen molar-refractivity contribution in [3.8, 4) is 11.5 Å². The summed E-state index contributed by atoms with van der Waals surface area (Å²) in [6, 6.07) is 4.15. The molecule has 2 aliphatic carbocycles. The fraction of sp³-hybridized carbons (Fsp3) is 0.700. The highest BCUT2D eigenvalue weighted by atomic mass is 16.5. The Labute approximate surface area is 134 Å². The van der Waals surface area contributed by atoms with Crippen molar-refractivity contribution in [2.75, 3.05) is 0 Å². The number of aryl methyl sites for hydroxylation is 1. The summed E-state index contributed by atoms with van der Waals surface area (Å²) in [5, 5.41) is 10.6. The van der Waals surface area contributed by atoms with Crippen LogP contribution in [0.2, 0.25) is 0 Å². The lowest BCUT2D eigenvalue weighted by Crippen LogP contribution is -2.59. The molecule has 3 aliphatic rings. The first-order chi connectivity index (χ1) is 9.88. The molecule has 1 heterocycles. The summed E-state index contributed by atoms with van der Waals surface area (Å²) < 4.78 is 6.45. The number of benzene rings is 1. The largest absolute Gasteiger partial charge is 0.508 e. The van der Waals surface area contributed by atoms with Crippen LogP contribution in [0.4, 0.5) is 0 Å². The first-order valence-electron chi connectivity index (χ1n) is 8.43. The minimum atomic E-state index is -0.0187. The molecule has 2 fully saturated rings. The molecule has 1 aromatic carbocycles. The summed E-state index contributed by atoms with van der Waals surface area (Å²) in [7, 11) is 0. The van der Waals surface area contributed by atoms with Crippen LogP contribution in [-0.4, -0.2) is 10.7 Å². The molecule has 1 aliphatic heterocycles. The molecule has 0 aromatic heterocycles. The van der Waals surface area contributed by atoms with Gasteiger partial charge in [0.05, 0.1) is 0 Å². The highest BCUT2D eigenvalue weighted by Gasteiger charge is 2.69. The smallest absolute Gasteiger partial charge is 0.127 e. The standard InChI is InChI=1S/C19H26O2.CH4/c1-5-6-11-9-13(20)15-14(10-11)21-19(4)8-7-12-16(19)17(15)18(12,2)3;/h9-10,12,16-17,20H,5-8H2,1-4H3;1H4/t12?,16-,17-,19-;/m1./s1. The number of rotatable bonds is 2. The van der Waals surface area contributed by atoms with Gasteiger partial charge in [-0.25, -0.2) is 0 Å². The molecule has 0 amide bonds. The molecule has 2 saturated carbocycles. The van der Waals surface area contributed by atoms with Crippen molar-refractivity contribution >= 4 is 0 Å². The number of fused-ring (bicyclic) bond motifs is 2. The van der Waals surface area contributed by atoms with Gasteiger partial charge >= 0.3 is 0 Å². The third-order valence-electron chi connectivity index (χ3n) is 6.58. The molecule has 122 valence electrons. The van der Waals surface area contributed by atoms with Crippen LogP contribution in [0.3, 0.4) is 0 Å². The van der Waals surface area contributed by atoms with E-state index in [0.29, 0.717) is 17.6 Å². The highest BCUT2D eigenvalue weighted by Crippen LogP contribution is 2.74. The van der Waals surface area contributed by atoms with Crippen LogP contribution >= 0.6 is 0 Å². The number of aromatic hydroxyl groups is 1. The Kier molecular flexibility index (Phi) is 3.33. The Bertz CT molecular complexity index is 604. The Balaban J connectivity index is 0.00000144. The van der Waals surface area contributed by atoms with Crippen molar-refractivity contribution in [2.45, 2.75) is 72.3 Å². The maximum Gasteiger partial charge on any atom is 0.127 e.